The number of hydrogen-bond acceptors (Lipinski definition) is 2. The van der Waals surface area contributed by atoms with Crippen LogP contribution in [0, 0.1) is 0 Å². The molecule has 0 spiro atoms. The van der Waals surface area contributed by atoms with E-state index < -0.39 is 0 Å². The fourth-order valence-electron chi connectivity index (χ4n) is 1.04. The van der Waals surface area contributed by atoms with Gasteiger partial charge in [0.05, 0.1) is 6.04 Å². The smallest absolute Gasteiger partial charge is 0.239 e. The second-order valence-corrected chi connectivity index (χ2v) is 3.21. The highest BCUT2D eigenvalue weighted by molar-refractivity contribution is 5.81. The number of likely N-dealkylation sites (N-methyl/N-ethyl adjacent to an activating group) is 1. The summed E-state index contributed by atoms with van der Waals surface area (Å²) in [6, 6.07) is -0.339. The van der Waals surface area contributed by atoms with Crippen molar-refractivity contribution in [3.8, 4) is 0 Å². The molecule has 0 rings (SSSR count). The summed E-state index contributed by atoms with van der Waals surface area (Å²) >= 11 is 0. The second-order valence-electron chi connectivity index (χ2n) is 3.21. The van der Waals surface area contributed by atoms with Gasteiger partial charge in [0.1, 0.15) is 0 Å². The molecule has 0 radical (unpaired) electrons. The van der Waals surface area contributed by atoms with Crippen LogP contribution in [0.5, 0.6) is 0 Å². The summed E-state index contributed by atoms with van der Waals surface area (Å²) in [6.07, 6.45) is 4.46. The Balaban J connectivity index is 3.75. The lowest BCUT2D eigenvalue weighted by Crippen LogP contribution is -2.41. The molecule has 0 aliphatic rings. The van der Waals surface area contributed by atoms with E-state index in [1.54, 1.807) is 11.9 Å². The standard InChI is InChI=1S/C10H20N2O/c1-4-6-7-8-12(3)10(13)9(11)5-2/h4,9H,1,5-8,11H2,2-3H3/t9-/m0/s1. The number of amides is 1. The Morgan fingerprint density at radius 1 is 1.69 bits per heavy atom. The van der Waals surface area contributed by atoms with Crippen LogP contribution in [0.1, 0.15) is 26.2 Å². The van der Waals surface area contributed by atoms with Crippen LogP contribution in [-0.2, 0) is 4.79 Å². The lowest BCUT2D eigenvalue weighted by Gasteiger charge is -2.20. The molecule has 3 heteroatoms. The van der Waals surface area contributed by atoms with Gasteiger partial charge in [-0.25, -0.2) is 0 Å². The SMILES string of the molecule is C=CCCCN(C)C(=O)[C@@H](N)CC. The Morgan fingerprint density at radius 2 is 2.31 bits per heavy atom. The van der Waals surface area contributed by atoms with Crippen molar-refractivity contribution < 1.29 is 4.79 Å². The number of nitrogens with two attached hydrogens (primary N) is 1. The molecule has 0 heterocycles. The maximum atomic E-state index is 11.4. The summed E-state index contributed by atoms with van der Waals surface area (Å²) in [6.45, 7) is 6.30. The molecule has 0 fully saturated rings. The Morgan fingerprint density at radius 3 is 2.77 bits per heavy atom. The van der Waals surface area contributed by atoms with Crippen LogP contribution in [0.3, 0.4) is 0 Å². The summed E-state index contributed by atoms with van der Waals surface area (Å²) in [5.74, 6) is 0.0339. The van der Waals surface area contributed by atoms with Crippen molar-refractivity contribution in [2.45, 2.75) is 32.2 Å². The van der Waals surface area contributed by atoms with Crippen molar-refractivity contribution in [2.24, 2.45) is 5.73 Å². The molecule has 0 bridgehead atoms. The molecule has 0 saturated carbocycles. The van der Waals surface area contributed by atoms with Crippen LogP contribution in [0.2, 0.25) is 0 Å². The molecule has 0 unspecified atom stereocenters. The molecule has 1 atom stereocenters. The van der Waals surface area contributed by atoms with Crippen molar-refractivity contribution >= 4 is 5.91 Å². The van der Waals surface area contributed by atoms with Gasteiger partial charge in [0.25, 0.3) is 0 Å². The minimum atomic E-state index is -0.339. The molecule has 0 aliphatic carbocycles. The predicted octanol–water partition coefficient (Wildman–Crippen LogP) is 1.15. The number of carbonyl (C=O) groups excluding carboxylic acids is 1. The highest BCUT2D eigenvalue weighted by atomic mass is 16.2. The molecule has 2 N–H and O–H groups in total. The van der Waals surface area contributed by atoms with Crippen molar-refractivity contribution in [1.29, 1.82) is 0 Å². The van der Waals surface area contributed by atoms with Gasteiger partial charge in [0, 0.05) is 13.6 Å². The quantitative estimate of drug-likeness (QED) is 0.497. The number of nitrogens with zero attached hydrogens (tertiary/aromatic N) is 1. The first-order chi connectivity index (χ1) is 6.13. The summed E-state index contributed by atoms with van der Waals surface area (Å²) in [5.41, 5.74) is 5.61. The minimum Gasteiger partial charge on any atom is -0.344 e. The molecule has 76 valence electrons. The highest BCUT2D eigenvalue weighted by Crippen LogP contribution is 1.97. The van der Waals surface area contributed by atoms with Gasteiger partial charge in [0.15, 0.2) is 0 Å². The zero-order chi connectivity index (χ0) is 10.3. The Bertz CT molecular complexity index is 168. The van der Waals surface area contributed by atoms with Gasteiger partial charge in [-0.1, -0.05) is 13.0 Å². The van der Waals surface area contributed by atoms with Gasteiger partial charge in [-0.2, -0.15) is 0 Å². The Kier molecular flexibility index (Phi) is 6.24. The number of carbonyl (C=O) groups is 1. The van der Waals surface area contributed by atoms with Crippen molar-refractivity contribution in [1.82, 2.24) is 4.90 Å². The third-order valence-electron chi connectivity index (χ3n) is 2.04. The van der Waals surface area contributed by atoms with E-state index in [-0.39, 0.29) is 11.9 Å². The van der Waals surface area contributed by atoms with Crippen LogP contribution >= 0.6 is 0 Å². The maximum Gasteiger partial charge on any atom is 0.239 e. The van der Waals surface area contributed by atoms with Crippen LogP contribution in [0.4, 0.5) is 0 Å². The zero-order valence-corrected chi connectivity index (χ0v) is 8.62. The Hall–Kier alpha value is -0.830. The molecule has 3 nitrogen and oxygen atoms in total. The van der Waals surface area contributed by atoms with Gasteiger partial charge in [-0.15, -0.1) is 6.58 Å². The molecule has 1 amide bonds. The van der Waals surface area contributed by atoms with Crippen molar-refractivity contribution in [3.63, 3.8) is 0 Å². The molecular weight excluding hydrogens is 164 g/mol. The first-order valence-electron chi connectivity index (χ1n) is 4.75. The minimum absolute atomic E-state index is 0.0339. The van der Waals surface area contributed by atoms with Gasteiger partial charge >= 0.3 is 0 Å². The summed E-state index contributed by atoms with van der Waals surface area (Å²) in [7, 11) is 1.79. The summed E-state index contributed by atoms with van der Waals surface area (Å²) in [4.78, 5) is 13.1. The third-order valence-corrected chi connectivity index (χ3v) is 2.04. The summed E-state index contributed by atoms with van der Waals surface area (Å²) in [5, 5.41) is 0. The largest absolute Gasteiger partial charge is 0.344 e. The van der Waals surface area contributed by atoms with Crippen LogP contribution in [0.15, 0.2) is 12.7 Å². The molecule has 0 aromatic heterocycles. The average Bonchev–Trinajstić information content (AvgIpc) is 2.15. The van der Waals surface area contributed by atoms with E-state index in [2.05, 4.69) is 6.58 Å². The molecule has 0 aliphatic heterocycles. The van der Waals surface area contributed by atoms with Gasteiger partial charge < -0.3 is 10.6 Å². The van der Waals surface area contributed by atoms with Crippen LogP contribution < -0.4 is 5.73 Å². The third kappa shape index (κ3) is 4.68. The molecule has 0 aromatic rings. The van der Waals surface area contributed by atoms with E-state index in [1.807, 2.05) is 13.0 Å². The second kappa shape index (κ2) is 6.66. The first kappa shape index (κ1) is 12.2. The monoisotopic (exact) mass is 184 g/mol. The van der Waals surface area contributed by atoms with Crippen LogP contribution in [0.25, 0.3) is 0 Å². The normalized spacial score (nSPS) is 12.2. The lowest BCUT2D eigenvalue weighted by molar-refractivity contribution is -0.131. The lowest BCUT2D eigenvalue weighted by atomic mass is 10.2. The van der Waals surface area contributed by atoms with Gasteiger partial charge in [0.2, 0.25) is 5.91 Å². The predicted molar refractivity (Wildman–Crippen MR) is 55.3 cm³/mol. The van der Waals surface area contributed by atoms with Gasteiger partial charge in [-0.3, -0.25) is 4.79 Å². The van der Waals surface area contributed by atoms with Crippen molar-refractivity contribution in [2.75, 3.05) is 13.6 Å². The van der Waals surface area contributed by atoms with Crippen molar-refractivity contribution in [3.05, 3.63) is 12.7 Å². The first-order valence-corrected chi connectivity index (χ1v) is 4.75. The summed E-state index contributed by atoms with van der Waals surface area (Å²) < 4.78 is 0. The van der Waals surface area contributed by atoms with E-state index in [9.17, 15) is 4.79 Å². The van der Waals surface area contributed by atoms with Gasteiger partial charge in [-0.05, 0) is 19.3 Å². The number of allylic oxidation sites excluding steroid dienone is 1. The number of unbranched alkanes of at least 4 members (excludes halogenated alkanes) is 1. The van der Waals surface area contributed by atoms with E-state index in [4.69, 9.17) is 5.73 Å². The maximum absolute atomic E-state index is 11.4. The van der Waals surface area contributed by atoms with E-state index in [0.29, 0.717) is 6.42 Å². The Labute approximate surface area is 80.6 Å². The number of rotatable bonds is 6. The molecule has 0 aromatic carbocycles. The highest BCUT2D eigenvalue weighted by Gasteiger charge is 2.14. The number of hydrogen-bond donors (Lipinski definition) is 1. The fourth-order valence-corrected chi connectivity index (χ4v) is 1.04. The molecule has 0 saturated heterocycles. The molecular formula is C10H20N2O. The fraction of sp³-hybridized carbons (Fsp3) is 0.700. The van der Waals surface area contributed by atoms with Crippen LogP contribution in [-0.4, -0.2) is 30.4 Å². The topological polar surface area (TPSA) is 46.3 Å². The van der Waals surface area contributed by atoms with E-state index in [0.717, 1.165) is 19.4 Å². The molecule has 13 heavy (non-hydrogen) atoms. The average molecular weight is 184 g/mol. The van der Waals surface area contributed by atoms with E-state index in [1.165, 1.54) is 0 Å². The zero-order valence-electron chi connectivity index (χ0n) is 8.62. The van der Waals surface area contributed by atoms with E-state index >= 15 is 0 Å².